The monoisotopic (exact) mass is 356 g/mol. The summed E-state index contributed by atoms with van der Waals surface area (Å²) in [6.07, 6.45) is 1.91. The van der Waals surface area contributed by atoms with Crippen LogP contribution in [0.15, 0.2) is 30.5 Å². The average molecular weight is 356 g/mol. The first-order chi connectivity index (χ1) is 12.4. The number of hydrogen-bond acceptors (Lipinski definition) is 3. The molecule has 1 saturated heterocycles. The number of rotatable bonds is 4. The number of amides is 3. The Labute approximate surface area is 152 Å². The van der Waals surface area contributed by atoms with Gasteiger partial charge in [0.05, 0.1) is 11.5 Å². The second kappa shape index (κ2) is 7.19. The molecule has 0 aliphatic carbocycles. The number of likely N-dealkylation sites (tertiary alicyclic amines) is 1. The predicted octanol–water partition coefficient (Wildman–Crippen LogP) is 1.44. The maximum atomic E-state index is 12.4. The van der Waals surface area contributed by atoms with Gasteiger partial charge in [-0.25, -0.2) is 0 Å². The minimum atomic E-state index is -0.436. The Hall–Kier alpha value is -2.83. The summed E-state index contributed by atoms with van der Waals surface area (Å²) in [5, 5.41) is 0.820. The van der Waals surface area contributed by atoms with Crippen LogP contribution in [0.3, 0.4) is 0 Å². The van der Waals surface area contributed by atoms with Gasteiger partial charge in [-0.05, 0) is 12.0 Å². The van der Waals surface area contributed by atoms with E-state index in [4.69, 9.17) is 0 Å². The van der Waals surface area contributed by atoms with Gasteiger partial charge >= 0.3 is 0 Å². The van der Waals surface area contributed by atoms with Gasteiger partial charge in [-0.2, -0.15) is 0 Å². The number of carbonyl (C=O) groups is 3. The Bertz CT molecular complexity index is 856. The van der Waals surface area contributed by atoms with Gasteiger partial charge < -0.3 is 9.47 Å². The zero-order valence-corrected chi connectivity index (χ0v) is 15.3. The van der Waals surface area contributed by atoms with Crippen LogP contribution in [0.1, 0.15) is 30.6 Å². The third-order valence-electron chi connectivity index (χ3n) is 4.61. The second-order valence-corrected chi connectivity index (χ2v) is 7.21. The van der Waals surface area contributed by atoms with Crippen LogP contribution >= 0.6 is 0 Å². The maximum absolute atomic E-state index is 12.4. The zero-order chi connectivity index (χ0) is 18.8. The van der Waals surface area contributed by atoms with Crippen molar-refractivity contribution in [3.63, 3.8) is 0 Å². The summed E-state index contributed by atoms with van der Waals surface area (Å²) in [7, 11) is 1.87. The number of nitrogens with zero attached hydrogens (tertiary/aromatic N) is 2. The van der Waals surface area contributed by atoms with E-state index < -0.39 is 5.92 Å². The lowest BCUT2D eigenvalue weighted by molar-refractivity contribution is -0.129. The number of fused-ring (bicyclic) bond motifs is 1. The molecular weight excluding hydrogens is 332 g/mol. The Kier molecular flexibility index (Phi) is 4.97. The molecule has 26 heavy (non-hydrogen) atoms. The number of carbonyl (C=O) groups excluding carboxylic acids is 3. The Morgan fingerprint density at radius 2 is 1.96 bits per heavy atom. The lowest BCUT2D eigenvalue weighted by atomic mass is 10.1. The first kappa shape index (κ1) is 18.0. The van der Waals surface area contributed by atoms with E-state index in [-0.39, 0.29) is 24.1 Å². The molecule has 1 aromatic carbocycles. The van der Waals surface area contributed by atoms with E-state index in [0.717, 1.165) is 10.9 Å². The van der Waals surface area contributed by atoms with Crippen LogP contribution in [0.4, 0.5) is 0 Å². The highest BCUT2D eigenvalue weighted by Gasteiger charge is 2.34. The quantitative estimate of drug-likeness (QED) is 0.813. The van der Waals surface area contributed by atoms with E-state index in [0.29, 0.717) is 24.6 Å². The Morgan fingerprint density at radius 3 is 2.69 bits per heavy atom. The Morgan fingerprint density at radius 1 is 1.23 bits per heavy atom. The van der Waals surface area contributed by atoms with Crippen LogP contribution in [-0.4, -0.2) is 40.3 Å². The van der Waals surface area contributed by atoms with Gasteiger partial charge in [0.15, 0.2) is 0 Å². The molecule has 2 aromatic rings. The van der Waals surface area contributed by atoms with Crippen LogP contribution < -0.4 is 10.9 Å². The van der Waals surface area contributed by atoms with Crippen molar-refractivity contribution in [1.29, 1.82) is 0 Å². The summed E-state index contributed by atoms with van der Waals surface area (Å²) < 4.78 is 1.87. The fourth-order valence-electron chi connectivity index (χ4n) is 3.38. The zero-order valence-electron chi connectivity index (χ0n) is 15.3. The van der Waals surface area contributed by atoms with Crippen LogP contribution in [0.25, 0.3) is 10.9 Å². The number of aryl methyl sites for hydroxylation is 1. The van der Waals surface area contributed by atoms with Crippen molar-refractivity contribution in [3.05, 3.63) is 36.0 Å². The lowest BCUT2D eigenvalue weighted by Gasteiger charge is -2.18. The van der Waals surface area contributed by atoms with Crippen LogP contribution in [0.5, 0.6) is 0 Å². The molecule has 1 fully saturated rings. The van der Waals surface area contributed by atoms with Gasteiger partial charge in [-0.3, -0.25) is 25.2 Å². The summed E-state index contributed by atoms with van der Waals surface area (Å²) in [5.74, 6) is -0.808. The maximum Gasteiger partial charge on any atom is 0.271 e. The number of hydrogen-bond donors (Lipinski definition) is 2. The number of nitrogens with one attached hydrogen (secondary N) is 2. The Balaban J connectivity index is 1.61. The molecule has 1 aromatic heterocycles. The van der Waals surface area contributed by atoms with Gasteiger partial charge in [0, 0.05) is 43.7 Å². The molecule has 1 aliphatic rings. The molecule has 0 saturated carbocycles. The number of para-hydroxylation sites is 1. The third-order valence-corrected chi connectivity index (χ3v) is 4.61. The van der Waals surface area contributed by atoms with Crippen LogP contribution in [0.2, 0.25) is 0 Å². The molecule has 3 amide bonds. The van der Waals surface area contributed by atoms with Gasteiger partial charge in [0.25, 0.3) is 5.91 Å². The molecule has 3 rings (SSSR count). The SMILES string of the molecule is CC(C)CN1C[C@@H](C(=O)NNC(=O)c2cn(C)c3ccccc23)CC1=O. The lowest BCUT2D eigenvalue weighted by Crippen LogP contribution is -2.45. The van der Waals surface area contributed by atoms with Gasteiger partial charge in [0.2, 0.25) is 11.8 Å². The van der Waals surface area contributed by atoms with E-state index in [1.165, 1.54) is 0 Å². The summed E-state index contributed by atoms with van der Waals surface area (Å²) in [6.45, 7) is 5.11. The molecule has 0 unspecified atom stereocenters. The van der Waals surface area contributed by atoms with Crippen molar-refractivity contribution in [2.75, 3.05) is 13.1 Å². The van der Waals surface area contributed by atoms with Crippen molar-refractivity contribution in [1.82, 2.24) is 20.3 Å². The summed E-state index contributed by atoms with van der Waals surface area (Å²) in [5.41, 5.74) is 6.37. The third kappa shape index (κ3) is 3.56. The molecule has 0 spiro atoms. The van der Waals surface area contributed by atoms with E-state index >= 15 is 0 Å². The topological polar surface area (TPSA) is 83.4 Å². The van der Waals surface area contributed by atoms with Crippen molar-refractivity contribution in [3.8, 4) is 0 Å². The fourth-order valence-corrected chi connectivity index (χ4v) is 3.38. The number of benzene rings is 1. The minimum Gasteiger partial charge on any atom is -0.350 e. The van der Waals surface area contributed by atoms with Crippen molar-refractivity contribution < 1.29 is 14.4 Å². The first-order valence-electron chi connectivity index (χ1n) is 8.79. The molecular formula is C19H24N4O3. The molecule has 0 bridgehead atoms. The molecule has 0 radical (unpaired) electrons. The minimum absolute atomic E-state index is 0.0146. The summed E-state index contributed by atoms with van der Waals surface area (Å²) in [4.78, 5) is 38.5. The standard InChI is InChI=1S/C19H24N4O3/c1-12(2)9-23-10-13(8-17(23)24)18(25)20-21-19(26)15-11-22(3)16-7-5-4-6-14(15)16/h4-7,11-13H,8-10H2,1-3H3,(H,20,25)(H,21,26)/t13-/m0/s1. The molecule has 2 N–H and O–H groups in total. The highest BCUT2D eigenvalue weighted by molar-refractivity contribution is 6.07. The van der Waals surface area contributed by atoms with Crippen molar-refractivity contribution >= 4 is 28.6 Å². The van der Waals surface area contributed by atoms with Gasteiger partial charge in [-0.1, -0.05) is 32.0 Å². The normalized spacial score (nSPS) is 17.2. The first-order valence-corrected chi connectivity index (χ1v) is 8.79. The molecule has 7 nitrogen and oxygen atoms in total. The van der Waals surface area contributed by atoms with Gasteiger partial charge in [0.1, 0.15) is 0 Å². The van der Waals surface area contributed by atoms with Crippen LogP contribution in [0, 0.1) is 11.8 Å². The molecule has 138 valence electrons. The highest BCUT2D eigenvalue weighted by atomic mass is 16.2. The molecule has 2 heterocycles. The summed E-state index contributed by atoms with van der Waals surface area (Å²) in [6, 6.07) is 7.57. The highest BCUT2D eigenvalue weighted by Crippen LogP contribution is 2.21. The smallest absolute Gasteiger partial charge is 0.271 e. The molecule has 1 aliphatic heterocycles. The molecule has 1 atom stereocenters. The number of hydrazine groups is 1. The van der Waals surface area contributed by atoms with E-state index in [9.17, 15) is 14.4 Å². The molecule has 7 heteroatoms. The van der Waals surface area contributed by atoms with E-state index in [1.807, 2.05) is 49.7 Å². The van der Waals surface area contributed by atoms with E-state index in [1.54, 1.807) is 11.1 Å². The number of aromatic nitrogens is 1. The second-order valence-electron chi connectivity index (χ2n) is 7.21. The van der Waals surface area contributed by atoms with Crippen molar-refractivity contribution in [2.24, 2.45) is 18.9 Å². The largest absolute Gasteiger partial charge is 0.350 e. The average Bonchev–Trinajstić information content (AvgIpc) is 3.13. The van der Waals surface area contributed by atoms with Gasteiger partial charge in [-0.15, -0.1) is 0 Å². The fraction of sp³-hybridized carbons (Fsp3) is 0.421. The van der Waals surface area contributed by atoms with E-state index in [2.05, 4.69) is 10.9 Å². The van der Waals surface area contributed by atoms with Crippen molar-refractivity contribution in [2.45, 2.75) is 20.3 Å². The summed E-state index contributed by atoms with van der Waals surface area (Å²) >= 11 is 0. The van der Waals surface area contributed by atoms with Crippen LogP contribution in [-0.2, 0) is 16.6 Å². The predicted molar refractivity (Wildman–Crippen MR) is 98.1 cm³/mol.